The van der Waals surface area contributed by atoms with Crippen LogP contribution in [0.1, 0.15) is 26.2 Å². The van der Waals surface area contributed by atoms with Gasteiger partial charge in [-0.3, -0.25) is 4.79 Å². The number of hydrogen-bond donors (Lipinski definition) is 0. The van der Waals surface area contributed by atoms with Crippen LogP contribution in [0, 0.1) is 11.8 Å². The molecule has 0 unspecified atom stereocenters. The number of ketones is 1. The molecule has 0 aromatic carbocycles. The summed E-state index contributed by atoms with van der Waals surface area (Å²) in [6.45, 7) is 2.09. The quantitative estimate of drug-likeness (QED) is 0.497. The van der Waals surface area contributed by atoms with Gasteiger partial charge in [0.15, 0.2) is 5.78 Å². The number of allylic oxidation sites excluding steroid dienone is 2. The zero-order valence-corrected chi connectivity index (χ0v) is 6.26. The normalized spacial score (nSPS) is 38.1. The monoisotopic (exact) mass is 136 g/mol. The first-order chi connectivity index (χ1) is 4.79. The molecule has 1 fully saturated rings. The highest BCUT2D eigenvalue weighted by molar-refractivity contribution is 5.95. The molecule has 1 saturated carbocycles. The van der Waals surface area contributed by atoms with Crippen molar-refractivity contribution in [1.29, 1.82) is 0 Å². The molecular weight excluding hydrogens is 124 g/mol. The molecule has 0 N–H and O–H groups in total. The number of carbonyl (C=O) groups excluding carboxylic acids is 1. The van der Waals surface area contributed by atoms with Crippen molar-refractivity contribution in [2.24, 2.45) is 11.8 Å². The highest BCUT2D eigenvalue weighted by Crippen LogP contribution is 2.41. The molecule has 2 aliphatic carbocycles. The average molecular weight is 136 g/mol. The van der Waals surface area contributed by atoms with E-state index in [1.807, 2.05) is 6.08 Å². The summed E-state index contributed by atoms with van der Waals surface area (Å²) in [7, 11) is 0. The van der Waals surface area contributed by atoms with Crippen molar-refractivity contribution in [3.05, 3.63) is 11.6 Å². The first-order valence-electron chi connectivity index (χ1n) is 4.01. The number of hydrogen-bond acceptors (Lipinski definition) is 1. The SMILES string of the molecule is CC1=CC(=O)[C@@H]2CCC[C@H]12. The van der Waals surface area contributed by atoms with Crippen LogP contribution in [0.5, 0.6) is 0 Å². The van der Waals surface area contributed by atoms with Crippen LogP contribution in [0.25, 0.3) is 0 Å². The maximum Gasteiger partial charge on any atom is 0.159 e. The Morgan fingerprint density at radius 1 is 1.40 bits per heavy atom. The fraction of sp³-hybridized carbons (Fsp3) is 0.667. The number of rotatable bonds is 0. The molecule has 54 valence electrons. The molecule has 2 aliphatic rings. The summed E-state index contributed by atoms with van der Waals surface area (Å²) in [4.78, 5) is 11.2. The summed E-state index contributed by atoms with van der Waals surface area (Å²) in [5, 5.41) is 0. The Morgan fingerprint density at radius 2 is 2.10 bits per heavy atom. The maximum atomic E-state index is 11.2. The van der Waals surface area contributed by atoms with Crippen molar-refractivity contribution < 1.29 is 4.79 Å². The third-order valence-corrected chi connectivity index (χ3v) is 2.84. The molecule has 0 spiro atoms. The second-order valence-corrected chi connectivity index (χ2v) is 3.43. The van der Waals surface area contributed by atoms with E-state index in [9.17, 15) is 4.79 Å². The Bertz CT molecular complexity index is 203. The first kappa shape index (κ1) is 6.14. The second kappa shape index (κ2) is 1.94. The van der Waals surface area contributed by atoms with E-state index < -0.39 is 0 Å². The highest BCUT2D eigenvalue weighted by Gasteiger charge is 2.37. The molecule has 0 heterocycles. The zero-order valence-electron chi connectivity index (χ0n) is 6.26. The molecule has 0 saturated heterocycles. The van der Waals surface area contributed by atoms with E-state index in [-0.39, 0.29) is 0 Å². The van der Waals surface area contributed by atoms with Crippen molar-refractivity contribution in [2.75, 3.05) is 0 Å². The molecule has 2 rings (SSSR count). The summed E-state index contributed by atoms with van der Waals surface area (Å²) in [5.74, 6) is 1.41. The van der Waals surface area contributed by atoms with E-state index in [4.69, 9.17) is 0 Å². The van der Waals surface area contributed by atoms with Crippen LogP contribution in [0.4, 0.5) is 0 Å². The zero-order chi connectivity index (χ0) is 7.14. The Labute approximate surface area is 61.1 Å². The van der Waals surface area contributed by atoms with E-state index in [0.29, 0.717) is 17.6 Å². The molecule has 0 bridgehead atoms. The maximum absolute atomic E-state index is 11.2. The smallest absolute Gasteiger partial charge is 0.159 e. The molecule has 0 radical (unpaired) electrons. The summed E-state index contributed by atoms with van der Waals surface area (Å²) in [5.41, 5.74) is 1.33. The van der Waals surface area contributed by atoms with E-state index in [0.717, 1.165) is 6.42 Å². The highest BCUT2D eigenvalue weighted by atomic mass is 16.1. The molecule has 1 heteroatoms. The molecule has 0 amide bonds. The van der Waals surface area contributed by atoms with Crippen LogP contribution in [0.3, 0.4) is 0 Å². The Morgan fingerprint density at radius 3 is 2.80 bits per heavy atom. The van der Waals surface area contributed by atoms with Crippen molar-refractivity contribution in [3.8, 4) is 0 Å². The summed E-state index contributed by atoms with van der Waals surface area (Å²) < 4.78 is 0. The van der Waals surface area contributed by atoms with E-state index in [1.54, 1.807) is 0 Å². The Kier molecular flexibility index (Phi) is 1.19. The van der Waals surface area contributed by atoms with E-state index >= 15 is 0 Å². The van der Waals surface area contributed by atoms with Crippen LogP contribution >= 0.6 is 0 Å². The molecule has 2 atom stereocenters. The van der Waals surface area contributed by atoms with Crippen LogP contribution in [0.15, 0.2) is 11.6 Å². The lowest BCUT2D eigenvalue weighted by Crippen LogP contribution is -2.09. The van der Waals surface area contributed by atoms with Gasteiger partial charge in [0.1, 0.15) is 0 Å². The minimum absolute atomic E-state index is 0.389. The van der Waals surface area contributed by atoms with Gasteiger partial charge in [0, 0.05) is 5.92 Å². The molecular formula is C9H12O. The van der Waals surface area contributed by atoms with Crippen LogP contribution in [-0.4, -0.2) is 5.78 Å². The van der Waals surface area contributed by atoms with Gasteiger partial charge in [-0.2, -0.15) is 0 Å². The predicted octanol–water partition coefficient (Wildman–Crippen LogP) is 1.93. The lowest BCUT2D eigenvalue weighted by Gasteiger charge is -2.07. The average Bonchev–Trinajstić information content (AvgIpc) is 2.39. The van der Waals surface area contributed by atoms with Crippen molar-refractivity contribution in [3.63, 3.8) is 0 Å². The van der Waals surface area contributed by atoms with Gasteiger partial charge in [-0.15, -0.1) is 0 Å². The number of carbonyl (C=O) groups is 1. The van der Waals surface area contributed by atoms with Gasteiger partial charge in [-0.05, 0) is 31.8 Å². The van der Waals surface area contributed by atoms with Crippen molar-refractivity contribution in [1.82, 2.24) is 0 Å². The Hall–Kier alpha value is -0.590. The first-order valence-corrected chi connectivity index (χ1v) is 4.01. The summed E-state index contributed by atoms with van der Waals surface area (Å²) >= 11 is 0. The molecule has 0 aliphatic heterocycles. The van der Waals surface area contributed by atoms with Crippen LogP contribution in [-0.2, 0) is 4.79 Å². The number of fused-ring (bicyclic) bond motifs is 1. The van der Waals surface area contributed by atoms with Gasteiger partial charge in [0.25, 0.3) is 0 Å². The van der Waals surface area contributed by atoms with Gasteiger partial charge >= 0.3 is 0 Å². The summed E-state index contributed by atoms with van der Waals surface area (Å²) in [6.07, 6.45) is 5.48. The minimum Gasteiger partial charge on any atom is -0.295 e. The standard InChI is InChI=1S/C9H12O/c1-6-5-9(10)8-4-2-3-7(6)8/h5,7-8H,2-4H2,1H3/t7-,8-/m1/s1. The fourth-order valence-corrected chi connectivity index (χ4v) is 2.28. The lowest BCUT2D eigenvalue weighted by atomic mass is 9.95. The van der Waals surface area contributed by atoms with Crippen LogP contribution in [0.2, 0.25) is 0 Å². The topological polar surface area (TPSA) is 17.1 Å². The molecule has 1 nitrogen and oxygen atoms in total. The Balaban J connectivity index is 2.29. The van der Waals surface area contributed by atoms with Crippen molar-refractivity contribution >= 4 is 5.78 Å². The van der Waals surface area contributed by atoms with Crippen LogP contribution < -0.4 is 0 Å². The van der Waals surface area contributed by atoms with E-state index in [2.05, 4.69) is 6.92 Å². The van der Waals surface area contributed by atoms with Gasteiger partial charge < -0.3 is 0 Å². The third-order valence-electron chi connectivity index (χ3n) is 2.84. The largest absolute Gasteiger partial charge is 0.295 e. The molecule has 0 aromatic rings. The van der Waals surface area contributed by atoms with Crippen molar-refractivity contribution in [2.45, 2.75) is 26.2 Å². The van der Waals surface area contributed by atoms with Gasteiger partial charge in [-0.1, -0.05) is 12.0 Å². The molecule has 0 aromatic heterocycles. The van der Waals surface area contributed by atoms with Gasteiger partial charge in [0.2, 0.25) is 0 Å². The fourth-order valence-electron chi connectivity index (χ4n) is 2.28. The third kappa shape index (κ3) is 0.664. The lowest BCUT2D eigenvalue weighted by molar-refractivity contribution is -0.117. The summed E-state index contributed by atoms with van der Waals surface area (Å²) in [6, 6.07) is 0. The minimum atomic E-state index is 0.389. The molecule has 10 heavy (non-hydrogen) atoms. The van der Waals surface area contributed by atoms with Gasteiger partial charge in [-0.25, -0.2) is 0 Å². The van der Waals surface area contributed by atoms with Gasteiger partial charge in [0.05, 0.1) is 0 Å². The van der Waals surface area contributed by atoms with E-state index in [1.165, 1.54) is 18.4 Å². The second-order valence-electron chi connectivity index (χ2n) is 3.43. The predicted molar refractivity (Wildman–Crippen MR) is 39.6 cm³/mol.